The van der Waals surface area contributed by atoms with Gasteiger partial charge >= 0.3 is 0 Å². The number of pyridine rings is 2. The lowest BCUT2D eigenvalue weighted by atomic mass is 10.1. The molecule has 0 spiro atoms. The SMILES string of the molecule is c1cncc(-n2c3ccccc3c3c(-c4nnc(-c5cccc6c7ccccc7n(-c7cccnc7)c56)s4)cccc32)c1. The van der Waals surface area contributed by atoms with Crippen LogP contribution >= 0.6 is 11.3 Å². The van der Waals surface area contributed by atoms with Gasteiger partial charge in [0.1, 0.15) is 10.0 Å². The second kappa shape index (κ2) is 9.44. The third kappa shape index (κ3) is 3.58. The number of aromatic nitrogens is 6. The normalized spacial score (nSPS) is 11.7. The Balaban J connectivity index is 1.29. The van der Waals surface area contributed by atoms with Crippen LogP contribution in [-0.2, 0) is 0 Å². The first-order chi connectivity index (χ1) is 21.4. The number of benzene rings is 4. The summed E-state index contributed by atoms with van der Waals surface area (Å²) in [5.74, 6) is 0. The summed E-state index contributed by atoms with van der Waals surface area (Å²) in [5.41, 5.74) is 8.64. The maximum atomic E-state index is 4.79. The number of rotatable bonds is 4. The van der Waals surface area contributed by atoms with E-state index >= 15 is 0 Å². The van der Waals surface area contributed by atoms with Crippen molar-refractivity contribution in [3.63, 3.8) is 0 Å². The Morgan fingerprint density at radius 3 is 1.79 bits per heavy atom. The highest BCUT2D eigenvalue weighted by Crippen LogP contribution is 2.43. The van der Waals surface area contributed by atoms with Crippen LogP contribution in [0.25, 0.3) is 76.1 Å². The van der Waals surface area contributed by atoms with E-state index in [2.05, 4.69) is 116 Å². The zero-order valence-corrected chi connectivity index (χ0v) is 23.6. The lowest BCUT2D eigenvalue weighted by molar-refractivity contribution is 1.10. The van der Waals surface area contributed by atoms with Crippen LogP contribution in [0.15, 0.2) is 134 Å². The number of hydrogen-bond donors (Lipinski definition) is 0. The minimum absolute atomic E-state index is 0.876. The molecule has 0 aliphatic rings. The number of nitrogens with zero attached hydrogens (tertiary/aromatic N) is 6. The molecule has 0 atom stereocenters. The van der Waals surface area contributed by atoms with Gasteiger partial charge in [-0.15, -0.1) is 10.2 Å². The average molecular weight is 571 g/mol. The number of fused-ring (bicyclic) bond motifs is 6. The summed E-state index contributed by atoms with van der Waals surface area (Å²) in [6.45, 7) is 0. The molecule has 5 aromatic heterocycles. The Labute approximate surface area is 250 Å². The summed E-state index contributed by atoms with van der Waals surface area (Å²) in [4.78, 5) is 8.82. The fourth-order valence-electron chi connectivity index (χ4n) is 6.35. The molecule has 6 nitrogen and oxygen atoms in total. The Hall–Kier alpha value is -5.66. The zero-order chi connectivity index (χ0) is 28.3. The van der Waals surface area contributed by atoms with Crippen LogP contribution in [0, 0.1) is 0 Å². The van der Waals surface area contributed by atoms with Gasteiger partial charge in [-0.1, -0.05) is 72.0 Å². The maximum absolute atomic E-state index is 4.79. The molecule has 0 saturated heterocycles. The van der Waals surface area contributed by atoms with Crippen molar-refractivity contribution in [2.45, 2.75) is 0 Å². The molecule has 5 heterocycles. The molecule has 4 aromatic carbocycles. The summed E-state index contributed by atoms with van der Waals surface area (Å²) in [7, 11) is 0. The quantitative estimate of drug-likeness (QED) is 0.212. The van der Waals surface area contributed by atoms with Crippen molar-refractivity contribution in [1.29, 1.82) is 0 Å². The average Bonchev–Trinajstić information content (AvgIpc) is 3.78. The van der Waals surface area contributed by atoms with Gasteiger partial charge in [-0.2, -0.15) is 0 Å². The van der Waals surface area contributed by atoms with E-state index in [-0.39, 0.29) is 0 Å². The van der Waals surface area contributed by atoms with Crippen molar-refractivity contribution in [2.24, 2.45) is 0 Å². The van der Waals surface area contributed by atoms with Crippen molar-refractivity contribution in [1.82, 2.24) is 29.3 Å². The summed E-state index contributed by atoms with van der Waals surface area (Å²) in [5, 5.41) is 16.0. The fourth-order valence-corrected chi connectivity index (χ4v) is 7.25. The van der Waals surface area contributed by atoms with Crippen LogP contribution in [0.4, 0.5) is 0 Å². The van der Waals surface area contributed by atoms with Crippen LogP contribution in [0.5, 0.6) is 0 Å². The summed E-state index contributed by atoms with van der Waals surface area (Å²) < 4.78 is 4.56. The molecule has 0 unspecified atom stereocenters. The lowest BCUT2D eigenvalue weighted by Gasteiger charge is -2.09. The third-order valence-electron chi connectivity index (χ3n) is 8.09. The molecule has 7 heteroatoms. The minimum Gasteiger partial charge on any atom is -0.308 e. The highest BCUT2D eigenvalue weighted by molar-refractivity contribution is 7.18. The predicted molar refractivity (Wildman–Crippen MR) is 175 cm³/mol. The smallest absolute Gasteiger partial charge is 0.150 e. The van der Waals surface area contributed by atoms with Crippen molar-refractivity contribution >= 4 is 54.9 Å². The molecule has 0 saturated carbocycles. The molecule has 202 valence electrons. The fraction of sp³-hybridized carbons (Fsp3) is 0. The van der Waals surface area contributed by atoms with E-state index < -0.39 is 0 Å². The van der Waals surface area contributed by atoms with E-state index in [0.29, 0.717) is 0 Å². The van der Waals surface area contributed by atoms with Crippen molar-refractivity contribution < 1.29 is 0 Å². The van der Waals surface area contributed by atoms with Gasteiger partial charge in [-0.05, 0) is 48.5 Å². The Bertz CT molecular complexity index is 2460. The van der Waals surface area contributed by atoms with E-state index in [9.17, 15) is 0 Å². The number of para-hydroxylation sites is 3. The van der Waals surface area contributed by atoms with Crippen molar-refractivity contribution in [2.75, 3.05) is 0 Å². The third-order valence-corrected chi connectivity index (χ3v) is 9.08. The maximum Gasteiger partial charge on any atom is 0.150 e. The van der Waals surface area contributed by atoms with Gasteiger partial charge < -0.3 is 9.13 Å². The van der Waals surface area contributed by atoms with Crippen molar-refractivity contribution in [3.05, 3.63) is 134 Å². The number of hydrogen-bond acceptors (Lipinski definition) is 5. The molecule has 9 aromatic rings. The molecular formula is C36H22N6S. The first-order valence-electron chi connectivity index (χ1n) is 14.1. The van der Waals surface area contributed by atoms with Crippen LogP contribution in [0.2, 0.25) is 0 Å². The van der Waals surface area contributed by atoms with Gasteiger partial charge in [0.15, 0.2) is 0 Å². The summed E-state index contributed by atoms with van der Waals surface area (Å²) >= 11 is 1.62. The monoisotopic (exact) mass is 570 g/mol. The van der Waals surface area contributed by atoms with E-state index in [1.54, 1.807) is 23.7 Å². The second-order valence-electron chi connectivity index (χ2n) is 10.4. The van der Waals surface area contributed by atoms with Gasteiger partial charge in [-0.25, -0.2) is 0 Å². The molecule has 43 heavy (non-hydrogen) atoms. The minimum atomic E-state index is 0.876. The Kier molecular flexibility index (Phi) is 5.27. The zero-order valence-electron chi connectivity index (χ0n) is 22.8. The lowest BCUT2D eigenvalue weighted by Crippen LogP contribution is -1.95. The largest absolute Gasteiger partial charge is 0.308 e. The predicted octanol–water partition coefficient (Wildman–Crippen LogP) is 8.86. The van der Waals surface area contributed by atoms with E-state index in [1.165, 1.54) is 16.2 Å². The van der Waals surface area contributed by atoms with Gasteiger partial charge in [0.2, 0.25) is 0 Å². The standard InChI is InChI=1S/C36H22N6S/c1-3-16-30-25(11-1)26-13-5-15-29(34(26)42(30)24-10-8-20-38-22-24)36-40-39-35(43-36)28-14-6-18-32-33(28)27-12-2-4-17-31(27)41(32)23-9-7-19-37-21-23/h1-22H. The van der Waals surface area contributed by atoms with Crippen LogP contribution in [-0.4, -0.2) is 29.3 Å². The molecule has 0 aliphatic carbocycles. The molecule has 0 amide bonds. The Morgan fingerprint density at radius 1 is 0.465 bits per heavy atom. The van der Waals surface area contributed by atoms with Gasteiger partial charge in [0.05, 0.1) is 45.8 Å². The van der Waals surface area contributed by atoms with Gasteiger partial charge in [-0.3, -0.25) is 9.97 Å². The van der Waals surface area contributed by atoms with E-state index in [1.807, 2.05) is 24.5 Å². The topological polar surface area (TPSA) is 61.4 Å². The van der Waals surface area contributed by atoms with E-state index in [4.69, 9.17) is 10.2 Å². The summed E-state index contributed by atoms with van der Waals surface area (Å²) in [6, 6.07) is 38.0. The first kappa shape index (κ1) is 24.0. The molecule has 0 radical (unpaired) electrons. The molecule has 9 rings (SSSR count). The highest BCUT2D eigenvalue weighted by atomic mass is 32.1. The van der Waals surface area contributed by atoms with Crippen LogP contribution in [0.1, 0.15) is 0 Å². The molecular weight excluding hydrogens is 549 g/mol. The molecule has 0 bridgehead atoms. The molecule has 0 N–H and O–H groups in total. The van der Waals surface area contributed by atoms with Gasteiger partial charge in [0.25, 0.3) is 0 Å². The van der Waals surface area contributed by atoms with E-state index in [0.717, 1.165) is 60.0 Å². The van der Waals surface area contributed by atoms with Crippen molar-refractivity contribution in [3.8, 4) is 32.5 Å². The van der Waals surface area contributed by atoms with Crippen LogP contribution < -0.4 is 0 Å². The summed E-state index contributed by atoms with van der Waals surface area (Å²) in [6.07, 6.45) is 7.43. The molecule has 0 fully saturated rings. The second-order valence-corrected chi connectivity index (χ2v) is 11.4. The first-order valence-corrected chi connectivity index (χ1v) is 14.9. The van der Waals surface area contributed by atoms with Gasteiger partial charge in [0, 0.05) is 45.1 Å². The molecule has 0 aliphatic heterocycles. The van der Waals surface area contributed by atoms with Crippen LogP contribution in [0.3, 0.4) is 0 Å². The Morgan fingerprint density at radius 2 is 1.05 bits per heavy atom. The highest BCUT2D eigenvalue weighted by Gasteiger charge is 2.21.